The fourth-order valence-electron chi connectivity index (χ4n) is 3.36. The number of benzene rings is 3. The van der Waals surface area contributed by atoms with Crippen LogP contribution in [0.5, 0.6) is 5.75 Å². The van der Waals surface area contributed by atoms with Crippen LogP contribution in [-0.4, -0.2) is 16.1 Å². The Morgan fingerprint density at radius 1 is 0.967 bits per heavy atom. The van der Waals surface area contributed by atoms with Gasteiger partial charge in [0.05, 0.1) is 19.4 Å². The van der Waals surface area contributed by atoms with Gasteiger partial charge in [0.2, 0.25) is 5.91 Å². The summed E-state index contributed by atoms with van der Waals surface area (Å²) in [4.78, 5) is 14.5. The average molecular weight is 414 g/mol. The largest absolute Gasteiger partial charge is 0.508 e. The fraction of sp³-hybridized carbons (Fsp3) is 0.208. The van der Waals surface area contributed by atoms with Crippen molar-refractivity contribution in [3.8, 4) is 5.75 Å². The van der Waals surface area contributed by atoms with E-state index < -0.39 is 53.9 Å². The number of β-lactam (4-membered cyclic amide) rings is 1. The van der Waals surface area contributed by atoms with Gasteiger partial charge in [-0.1, -0.05) is 24.3 Å². The Kier molecular flexibility index (Phi) is 4.03. The average Bonchev–Trinajstić information content (AvgIpc) is 2.79. The number of phenols is 1. The summed E-state index contributed by atoms with van der Waals surface area (Å²) in [6, 6.07) is 13.1. The van der Waals surface area contributed by atoms with Crippen LogP contribution in [0.4, 0.5) is 14.5 Å². The number of rotatable bonds is 6. The zero-order valence-electron chi connectivity index (χ0n) is 20.6. The first-order chi connectivity index (χ1) is 16.3. The number of aromatic hydroxyl groups is 1. The molecule has 0 radical (unpaired) electrons. The van der Waals surface area contributed by atoms with Crippen molar-refractivity contribution in [1.29, 1.82) is 0 Å². The van der Waals surface area contributed by atoms with Gasteiger partial charge in [-0.25, -0.2) is 8.78 Å². The summed E-state index contributed by atoms with van der Waals surface area (Å²) < 4.78 is 69.4. The Morgan fingerprint density at radius 3 is 2.13 bits per heavy atom. The predicted molar refractivity (Wildman–Crippen MR) is 109 cm³/mol. The molecule has 0 unspecified atom stereocenters. The molecular weight excluding hydrogens is 388 g/mol. The van der Waals surface area contributed by atoms with Gasteiger partial charge in [-0.2, -0.15) is 0 Å². The first-order valence-corrected chi connectivity index (χ1v) is 9.15. The number of aliphatic hydroxyl groups is 1. The minimum absolute atomic E-state index is 0.0838. The van der Waals surface area contributed by atoms with E-state index in [-0.39, 0.29) is 11.4 Å². The summed E-state index contributed by atoms with van der Waals surface area (Å²) >= 11 is 0. The van der Waals surface area contributed by atoms with Gasteiger partial charge in [0, 0.05) is 11.2 Å². The standard InChI is InChI=1S/C24H21F2NO3/c25-17-5-1-15(2-6-17)22(29)14-13-21-23(16-3-11-20(28)12-4-16)27(24(21)30)19-9-7-18(26)8-10-19/h1-12,21-23,28-29H,13-14H2/t21-,22+,23-/m1/s1/i13D2,14D2,22D. The van der Waals surface area contributed by atoms with Crippen molar-refractivity contribution in [1.82, 2.24) is 0 Å². The van der Waals surface area contributed by atoms with Crippen molar-refractivity contribution in [2.45, 2.75) is 24.9 Å². The van der Waals surface area contributed by atoms with Crippen molar-refractivity contribution in [3.63, 3.8) is 0 Å². The molecule has 4 rings (SSSR count). The van der Waals surface area contributed by atoms with Gasteiger partial charge in [0.15, 0.2) is 0 Å². The van der Waals surface area contributed by atoms with Crippen molar-refractivity contribution in [2.24, 2.45) is 5.92 Å². The second kappa shape index (κ2) is 8.24. The van der Waals surface area contributed by atoms with Crippen molar-refractivity contribution in [2.75, 3.05) is 4.90 Å². The lowest BCUT2D eigenvalue weighted by Gasteiger charge is -2.48. The third-order valence-electron chi connectivity index (χ3n) is 4.90. The lowest BCUT2D eigenvalue weighted by Crippen LogP contribution is -2.55. The molecule has 1 heterocycles. The third-order valence-corrected chi connectivity index (χ3v) is 4.90. The number of halogens is 2. The SMILES string of the molecule is [2H]C([2H])([C@H]1C(=O)N(c2ccc(F)cc2)[C@@H]1c1ccc(O)cc1)C([2H])([2H])[C@]([2H])(O)c1ccc(F)cc1. The van der Waals surface area contributed by atoms with Gasteiger partial charge in [0.1, 0.15) is 17.4 Å². The molecular formula is C24H21F2NO3. The zero-order valence-corrected chi connectivity index (χ0v) is 15.6. The van der Waals surface area contributed by atoms with Crippen molar-refractivity contribution >= 4 is 11.6 Å². The van der Waals surface area contributed by atoms with Gasteiger partial charge in [-0.3, -0.25) is 4.79 Å². The maximum Gasteiger partial charge on any atom is 0.233 e. The first kappa shape index (κ1) is 14.7. The van der Waals surface area contributed by atoms with Crippen molar-refractivity contribution < 1.29 is 30.6 Å². The molecule has 1 aliphatic heterocycles. The maximum absolute atomic E-state index is 13.5. The molecule has 1 aliphatic rings. The minimum atomic E-state index is -3.35. The van der Waals surface area contributed by atoms with Crippen LogP contribution in [0.1, 0.15) is 42.8 Å². The number of phenolic OH excluding ortho intramolecular Hbond substituents is 1. The number of carbonyl (C=O) groups is 1. The summed E-state index contributed by atoms with van der Waals surface area (Å²) in [5, 5.41) is 20.5. The van der Waals surface area contributed by atoms with Gasteiger partial charge in [-0.15, -0.1) is 0 Å². The summed E-state index contributed by atoms with van der Waals surface area (Å²) in [7, 11) is 0. The molecule has 3 aromatic rings. The zero-order chi connectivity index (χ0) is 25.8. The van der Waals surface area contributed by atoms with Crippen LogP contribution in [0.25, 0.3) is 0 Å². The summed E-state index contributed by atoms with van der Waals surface area (Å²) in [5.74, 6) is -3.85. The third kappa shape index (κ3) is 3.91. The molecule has 0 bridgehead atoms. The van der Waals surface area contributed by atoms with Crippen LogP contribution in [-0.2, 0) is 4.79 Å². The summed E-state index contributed by atoms with van der Waals surface area (Å²) in [5.41, 5.74) is 0.199. The van der Waals surface area contributed by atoms with Crippen LogP contribution in [0.3, 0.4) is 0 Å². The molecule has 2 N–H and O–H groups in total. The minimum Gasteiger partial charge on any atom is -0.508 e. The predicted octanol–water partition coefficient (Wildman–Crippen LogP) is 4.89. The summed E-state index contributed by atoms with van der Waals surface area (Å²) in [6.45, 7) is 0. The van der Waals surface area contributed by atoms with Crippen LogP contribution in [0, 0.1) is 17.6 Å². The molecule has 1 fully saturated rings. The first-order valence-electron chi connectivity index (χ1n) is 11.6. The van der Waals surface area contributed by atoms with Crippen LogP contribution in [0.15, 0.2) is 72.8 Å². The maximum atomic E-state index is 13.5. The summed E-state index contributed by atoms with van der Waals surface area (Å²) in [6.07, 6.45) is -9.63. The molecule has 4 nitrogen and oxygen atoms in total. The normalized spacial score (nSPS) is 23.9. The van der Waals surface area contributed by atoms with E-state index in [1.807, 2.05) is 0 Å². The van der Waals surface area contributed by atoms with Crippen LogP contribution >= 0.6 is 0 Å². The van der Waals surface area contributed by atoms with Gasteiger partial charge in [-0.05, 0) is 72.4 Å². The van der Waals surface area contributed by atoms with E-state index in [0.717, 1.165) is 36.4 Å². The molecule has 0 aliphatic carbocycles. The molecule has 0 saturated carbocycles. The Balaban J connectivity index is 1.79. The van der Waals surface area contributed by atoms with E-state index >= 15 is 0 Å². The molecule has 0 aromatic heterocycles. The Morgan fingerprint density at radius 2 is 1.53 bits per heavy atom. The van der Waals surface area contributed by atoms with Crippen LogP contribution in [0.2, 0.25) is 0 Å². The molecule has 154 valence electrons. The molecule has 1 amide bonds. The van der Waals surface area contributed by atoms with E-state index in [1.54, 1.807) is 0 Å². The van der Waals surface area contributed by atoms with E-state index in [2.05, 4.69) is 0 Å². The second-order valence-electron chi connectivity index (χ2n) is 6.82. The van der Waals surface area contributed by atoms with Crippen molar-refractivity contribution in [3.05, 3.63) is 95.6 Å². The van der Waals surface area contributed by atoms with E-state index in [1.165, 1.54) is 41.3 Å². The van der Waals surface area contributed by atoms with E-state index in [0.29, 0.717) is 5.56 Å². The van der Waals surface area contributed by atoms with E-state index in [4.69, 9.17) is 6.85 Å². The molecule has 30 heavy (non-hydrogen) atoms. The number of hydrogen-bond acceptors (Lipinski definition) is 3. The second-order valence-corrected chi connectivity index (χ2v) is 6.82. The number of nitrogens with zero attached hydrogens (tertiary/aromatic N) is 1. The fourth-order valence-corrected chi connectivity index (χ4v) is 3.36. The van der Waals surface area contributed by atoms with Crippen LogP contribution < -0.4 is 4.90 Å². The monoisotopic (exact) mass is 414 g/mol. The number of anilines is 1. The highest BCUT2D eigenvalue weighted by molar-refractivity contribution is 6.03. The Labute approximate surface area is 180 Å². The lowest BCUT2D eigenvalue weighted by atomic mass is 9.78. The Bertz CT molecular complexity index is 1240. The lowest BCUT2D eigenvalue weighted by molar-refractivity contribution is -0.131. The molecule has 3 atom stereocenters. The quantitative estimate of drug-likeness (QED) is 0.565. The number of hydrogen-bond donors (Lipinski definition) is 2. The highest BCUT2D eigenvalue weighted by Gasteiger charge is 2.48. The number of carbonyl (C=O) groups excluding carboxylic acids is 1. The van der Waals surface area contributed by atoms with E-state index in [9.17, 15) is 23.8 Å². The molecule has 3 aromatic carbocycles. The van der Waals surface area contributed by atoms with Gasteiger partial charge < -0.3 is 15.1 Å². The Hall–Kier alpha value is -3.25. The molecule has 6 heteroatoms. The van der Waals surface area contributed by atoms with Gasteiger partial charge >= 0.3 is 0 Å². The number of amides is 1. The highest BCUT2D eigenvalue weighted by Crippen LogP contribution is 2.46. The molecule has 1 saturated heterocycles. The van der Waals surface area contributed by atoms with Gasteiger partial charge in [0.25, 0.3) is 0 Å². The molecule has 0 spiro atoms. The topological polar surface area (TPSA) is 60.8 Å². The smallest absolute Gasteiger partial charge is 0.233 e. The highest BCUT2D eigenvalue weighted by atomic mass is 19.1.